The molecule has 1 saturated heterocycles. The third-order valence-corrected chi connectivity index (χ3v) is 10.1. The fourth-order valence-corrected chi connectivity index (χ4v) is 8.67. The standard InChI is InChI=1S/C29H36O10/c1-14(30)38-25-26(2,3)21(20(32)23(33)36-6)28(5)17-7-9-27(4)18(16(17)12-29(25,35)24(28)34)11-19(31)39-22(27)15-8-10-37-13-15/h8,10,13,17,20-22,25,32,35H,7,9,11-12H2,1-6H3/t17?,20-,21+,22+,25+,27-,28-,29+/m1/s1. The molecule has 1 aromatic heterocycles. The van der Waals surface area contributed by atoms with E-state index in [0.717, 1.165) is 12.7 Å². The van der Waals surface area contributed by atoms with Gasteiger partial charge in [-0.05, 0) is 30.4 Å². The number of cyclic esters (lactones) is 1. The van der Waals surface area contributed by atoms with E-state index in [2.05, 4.69) is 0 Å². The van der Waals surface area contributed by atoms with Gasteiger partial charge in [-0.2, -0.15) is 0 Å². The summed E-state index contributed by atoms with van der Waals surface area (Å²) in [5, 5.41) is 23.6. The number of furan rings is 1. The monoisotopic (exact) mass is 544 g/mol. The number of rotatable bonds is 4. The van der Waals surface area contributed by atoms with Crippen LogP contribution < -0.4 is 0 Å². The van der Waals surface area contributed by atoms with Gasteiger partial charge in [0.05, 0.1) is 26.1 Å². The summed E-state index contributed by atoms with van der Waals surface area (Å²) in [6, 6.07) is 1.75. The van der Waals surface area contributed by atoms with E-state index in [9.17, 15) is 29.4 Å². The molecule has 2 N–H and O–H groups in total. The summed E-state index contributed by atoms with van der Waals surface area (Å²) < 4.78 is 21.6. The maximum atomic E-state index is 14.3. The highest BCUT2D eigenvalue weighted by Gasteiger charge is 2.75. The van der Waals surface area contributed by atoms with Gasteiger partial charge < -0.3 is 28.8 Å². The summed E-state index contributed by atoms with van der Waals surface area (Å²) in [6.07, 6.45) is 0.208. The fraction of sp³-hybridized carbons (Fsp3) is 0.655. The Balaban J connectivity index is 1.76. The summed E-state index contributed by atoms with van der Waals surface area (Å²) in [4.78, 5) is 52.3. The zero-order valence-electron chi connectivity index (χ0n) is 23.1. The maximum Gasteiger partial charge on any atom is 0.335 e. The molecule has 212 valence electrons. The van der Waals surface area contributed by atoms with Gasteiger partial charge in [-0.15, -0.1) is 0 Å². The summed E-state index contributed by atoms with van der Waals surface area (Å²) in [5.74, 6) is -4.21. The Morgan fingerprint density at radius 2 is 1.87 bits per heavy atom. The summed E-state index contributed by atoms with van der Waals surface area (Å²) >= 11 is 0. The predicted octanol–water partition coefficient (Wildman–Crippen LogP) is 2.81. The Hall–Kier alpha value is -2.98. The number of Topliss-reactive ketones (excluding diaryl/α,β-unsaturated/α-hetero) is 1. The van der Waals surface area contributed by atoms with Gasteiger partial charge in [-0.3, -0.25) is 14.4 Å². The molecule has 2 bridgehead atoms. The first-order valence-corrected chi connectivity index (χ1v) is 13.3. The Morgan fingerprint density at radius 3 is 2.46 bits per heavy atom. The molecule has 0 aromatic carbocycles. The molecule has 8 atom stereocenters. The van der Waals surface area contributed by atoms with Gasteiger partial charge in [0, 0.05) is 41.1 Å². The number of hydrogen-bond acceptors (Lipinski definition) is 10. The molecular formula is C29H36O10. The Labute approximate surface area is 226 Å². The largest absolute Gasteiger partial charge is 0.472 e. The second kappa shape index (κ2) is 8.76. The minimum Gasteiger partial charge on any atom is -0.472 e. The molecule has 2 saturated carbocycles. The van der Waals surface area contributed by atoms with Crippen LogP contribution in [-0.4, -0.2) is 58.8 Å². The van der Waals surface area contributed by atoms with Crippen LogP contribution in [0.15, 0.2) is 34.2 Å². The zero-order chi connectivity index (χ0) is 28.7. The van der Waals surface area contributed by atoms with Crippen molar-refractivity contribution in [3.8, 4) is 0 Å². The van der Waals surface area contributed by atoms with Crippen molar-refractivity contribution < 1.29 is 48.0 Å². The number of aliphatic hydroxyl groups is 2. The molecule has 0 radical (unpaired) electrons. The maximum absolute atomic E-state index is 14.3. The van der Waals surface area contributed by atoms with Crippen molar-refractivity contribution in [2.75, 3.05) is 7.11 Å². The van der Waals surface area contributed by atoms with Crippen molar-refractivity contribution in [1.82, 2.24) is 0 Å². The van der Waals surface area contributed by atoms with Crippen LogP contribution in [0, 0.1) is 28.1 Å². The number of carbonyl (C=O) groups is 4. The highest BCUT2D eigenvalue weighted by Crippen LogP contribution is 2.68. The van der Waals surface area contributed by atoms with Gasteiger partial charge in [-0.1, -0.05) is 33.3 Å². The van der Waals surface area contributed by atoms with Gasteiger partial charge in [-0.25, -0.2) is 4.79 Å². The highest BCUT2D eigenvalue weighted by molar-refractivity contribution is 5.98. The van der Waals surface area contributed by atoms with E-state index < -0.39 is 75.7 Å². The van der Waals surface area contributed by atoms with Crippen molar-refractivity contribution in [3.05, 3.63) is 35.3 Å². The first-order chi connectivity index (χ1) is 18.1. The molecule has 1 unspecified atom stereocenters. The minimum absolute atomic E-state index is 0.0249. The average molecular weight is 545 g/mol. The van der Waals surface area contributed by atoms with Gasteiger partial charge in [0.25, 0.3) is 0 Å². The van der Waals surface area contributed by atoms with Gasteiger partial charge in [0.2, 0.25) is 0 Å². The first kappa shape index (κ1) is 27.6. The number of aliphatic hydroxyl groups excluding tert-OH is 1. The summed E-state index contributed by atoms with van der Waals surface area (Å²) in [7, 11) is 1.15. The molecular weight excluding hydrogens is 508 g/mol. The lowest BCUT2D eigenvalue weighted by Gasteiger charge is -2.66. The van der Waals surface area contributed by atoms with Gasteiger partial charge in [0.1, 0.15) is 12.2 Å². The van der Waals surface area contributed by atoms with E-state index in [-0.39, 0.29) is 12.8 Å². The third-order valence-electron chi connectivity index (χ3n) is 10.1. The Kier molecular flexibility index (Phi) is 6.20. The quantitative estimate of drug-likeness (QED) is 0.329. The van der Waals surface area contributed by atoms with Crippen molar-refractivity contribution >= 4 is 23.7 Å². The van der Waals surface area contributed by atoms with Crippen molar-refractivity contribution in [2.45, 2.75) is 84.2 Å². The zero-order valence-corrected chi connectivity index (χ0v) is 23.1. The lowest BCUT2D eigenvalue weighted by atomic mass is 9.39. The average Bonchev–Trinajstić information content (AvgIpc) is 3.39. The number of methoxy groups -OCH3 is 1. The fourth-order valence-electron chi connectivity index (χ4n) is 8.67. The molecule has 1 aromatic rings. The van der Waals surface area contributed by atoms with Crippen LogP contribution in [0.3, 0.4) is 0 Å². The van der Waals surface area contributed by atoms with Crippen LogP contribution in [0.25, 0.3) is 0 Å². The van der Waals surface area contributed by atoms with Crippen LogP contribution in [-0.2, 0) is 33.4 Å². The molecule has 2 heterocycles. The molecule has 3 fully saturated rings. The van der Waals surface area contributed by atoms with Crippen molar-refractivity contribution in [2.24, 2.45) is 28.1 Å². The molecule has 10 nitrogen and oxygen atoms in total. The Bertz CT molecular complexity index is 1260. The molecule has 10 heteroatoms. The lowest BCUT2D eigenvalue weighted by Crippen LogP contribution is -2.76. The lowest BCUT2D eigenvalue weighted by molar-refractivity contribution is -0.246. The van der Waals surface area contributed by atoms with Crippen molar-refractivity contribution in [3.63, 3.8) is 0 Å². The minimum atomic E-state index is -2.14. The number of esters is 3. The molecule has 5 rings (SSSR count). The van der Waals surface area contributed by atoms with E-state index in [4.69, 9.17) is 18.6 Å². The molecule has 39 heavy (non-hydrogen) atoms. The van der Waals surface area contributed by atoms with E-state index in [1.807, 2.05) is 6.92 Å². The normalized spacial score (nSPS) is 39.7. The van der Waals surface area contributed by atoms with Crippen LogP contribution in [0.5, 0.6) is 0 Å². The first-order valence-electron chi connectivity index (χ1n) is 13.3. The molecule has 1 aliphatic heterocycles. The molecule has 0 amide bonds. The highest BCUT2D eigenvalue weighted by atomic mass is 16.6. The number of ether oxygens (including phenoxy) is 3. The Morgan fingerprint density at radius 1 is 1.18 bits per heavy atom. The molecule has 4 aliphatic rings. The molecule has 0 spiro atoms. The second-order valence-corrected chi connectivity index (χ2v) is 12.6. The van der Waals surface area contributed by atoms with E-state index >= 15 is 0 Å². The number of hydrogen-bond donors (Lipinski definition) is 2. The third kappa shape index (κ3) is 3.60. The smallest absolute Gasteiger partial charge is 0.335 e. The van der Waals surface area contributed by atoms with Crippen LogP contribution in [0.1, 0.15) is 72.0 Å². The molecule has 3 aliphatic carbocycles. The SMILES string of the molecule is COC(=O)[C@H](O)[C@H]1C(C)(C)[C@H](OC(C)=O)[C@]2(O)CC3=C4CC(=O)O[C@@H](c5ccoc5)[C@]4(C)CCC3[C@@]1(C)C2=O. The van der Waals surface area contributed by atoms with Gasteiger partial charge >= 0.3 is 17.9 Å². The van der Waals surface area contributed by atoms with Crippen LogP contribution in [0.2, 0.25) is 0 Å². The summed E-state index contributed by atoms with van der Waals surface area (Å²) in [5.41, 5.74) is -3.24. The number of ketones is 1. The van der Waals surface area contributed by atoms with Crippen LogP contribution >= 0.6 is 0 Å². The summed E-state index contributed by atoms with van der Waals surface area (Å²) in [6.45, 7) is 8.23. The van der Waals surface area contributed by atoms with E-state index in [1.54, 1.807) is 33.1 Å². The van der Waals surface area contributed by atoms with E-state index in [0.29, 0.717) is 24.0 Å². The predicted molar refractivity (Wildman–Crippen MR) is 134 cm³/mol. The van der Waals surface area contributed by atoms with Crippen LogP contribution in [0.4, 0.5) is 0 Å². The van der Waals surface area contributed by atoms with Crippen molar-refractivity contribution in [1.29, 1.82) is 0 Å². The number of carbonyl (C=O) groups excluding carboxylic acids is 4. The van der Waals surface area contributed by atoms with Gasteiger partial charge in [0.15, 0.2) is 17.5 Å². The van der Waals surface area contributed by atoms with E-state index in [1.165, 1.54) is 13.2 Å². The second-order valence-electron chi connectivity index (χ2n) is 12.6. The number of fused-ring (bicyclic) bond motifs is 5. The topological polar surface area (TPSA) is 150 Å².